The fraction of sp³-hybridized carbons (Fsp3) is 0.400. The van der Waals surface area contributed by atoms with E-state index in [0.717, 1.165) is 23.3 Å². The van der Waals surface area contributed by atoms with E-state index in [0.29, 0.717) is 24.5 Å². The van der Waals surface area contributed by atoms with Crippen LogP contribution in [0.5, 0.6) is 11.5 Å². The molecule has 0 radical (unpaired) electrons. The molecule has 37 heavy (non-hydrogen) atoms. The first kappa shape index (κ1) is 26.7. The maximum absolute atomic E-state index is 13.8. The van der Waals surface area contributed by atoms with Crippen LogP contribution in [0.1, 0.15) is 58.7 Å². The van der Waals surface area contributed by atoms with E-state index in [2.05, 4.69) is 24.4 Å². The van der Waals surface area contributed by atoms with Crippen LogP contribution in [0, 0.1) is 13.8 Å². The van der Waals surface area contributed by atoms with E-state index in [9.17, 15) is 9.59 Å². The Morgan fingerprint density at radius 1 is 1.08 bits per heavy atom. The molecule has 6 nitrogen and oxygen atoms in total. The van der Waals surface area contributed by atoms with E-state index in [1.807, 2.05) is 44.7 Å². The van der Waals surface area contributed by atoms with Crippen LogP contribution in [0.2, 0.25) is 0 Å². The van der Waals surface area contributed by atoms with Gasteiger partial charge in [-0.15, -0.1) is 11.3 Å². The highest BCUT2D eigenvalue weighted by molar-refractivity contribution is 7.10. The number of aryl methyl sites for hydroxylation is 2. The Labute approximate surface area is 223 Å². The molecule has 0 N–H and O–H groups in total. The Hall–Kier alpha value is -3.32. The number of amides is 2. The van der Waals surface area contributed by atoms with Crippen LogP contribution in [-0.4, -0.2) is 54.0 Å². The van der Waals surface area contributed by atoms with Gasteiger partial charge in [-0.2, -0.15) is 0 Å². The Morgan fingerprint density at radius 3 is 2.46 bits per heavy atom. The van der Waals surface area contributed by atoms with Crippen LogP contribution < -0.4 is 9.47 Å². The number of ether oxygens (including phenoxy) is 2. The molecule has 7 heteroatoms. The summed E-state index contributed by atoms with van der Waals surface area (Å²) >= 11 is 1.72. The number of methoxy groups -OCH3 is 1. The standard InChI is InChI=1S/C30H36N2O4S/c1-20-7-12-26(21(2)17-20)36-19-25-24-14-16-37-27(24)13-15-31(25)28(33)18-32(30(3,4)5)29(34)22-8-10-23(35-6)11-9-22/h7-12,14,16-17,25H,13,15,18-19H2,1-6H3/t25-/m0/s1. The molecule has 0 saturated carbocycles. The first-order valence-corrected chi connectivity index (χ1v) is 13.5. The van der Waals surface area contributed by atoms with Gasteiger partial charge in [-0.25, -0.2) is 0 Å². The zero-order chi connectivity index (χ0) is 26.7. The highest BCUT2D eigenvalue weighted by Gasteiger charge is 2.36. The largest absolute Gasteiger partial charge is 0.497 e. The van der Waals surface area contributed by atoms with Crippen molar-refractivity contribution in [1.82, 2.24) is 9.80 Å². The van der Waals surface area contributed by atoms with Crippen molar-refractivity contribution in [2.24, 2.45) is 0 Å². The van der Waals surface area contributed by atoms with Crippen LogP contribution >= 0.6 is 11.3 Å². The lowest BCUT2D eigenvalue weighted by atomic mass is 9.99. The molecule has 1 atom stereocenters. The van der Waals surface area contributed by atoms with E-state index in [4.69, 9.17) is 9.47 Å². The van der Waals surface area contributed by atoms with Gasteiger partial charge in [0.2, 0.25) is 5.91 Å². The molecule has 3 aromatic rings. The van der Waals surface area contributed by atoms with Crippen molar-refractivity contribution in [1.29, 1.82) is 0 Å². The van der Waals surface area contributed by atoms with Gasteiger partial charge >= 0.3 is 0 Å². The Morgan fingerprint density at radius 2 is 1.81 bits per heavy atom. The van der Waals surface area contributed by atoms with Crippen molar-refractivity contribution in [3.8, 4) is 11.5 Å². The number of carbonyl (C=O) groups excluding carboxylic acids is 2. The third kappa shape index (κ3) is 5.99. The number of thiophene rings is 1. The monoisotopic (exact) mass is 520 g/mol. The molecule has 2 aromatic carbocycles. The molecular weight excluding hydrogens is 484 g/mol. The summed E-state index contributed by atoms with van der Waals surface area (Å²) in [5, 5.41) is 2.08. The molecule has 0 unspecified atom stereocenters. The molecule has 0 fully saturated rings. The van der Waals surface area contributed by atoms with Gasteiger partial charge in [0, 0.05) is 22.5 Å². The smallest absolute Gasteiger partial charge is 0.254 e. The van der Waals surface area contributed by atoms with Crippen LogP contribution in [-0.2, 0) is 11.2 Å². The summed E-state index contributed by atoms with van der Waals surface area (Å²) in [5.41, 5.74) is 3.38. The molecule has 1 aliphatic heterocycles. The first-order chi connectivity index (χ1) is 17.6. The zero-order valence-electron chi connectivity index (χ0n) is 22.5. The Kier molecular flexibility index (Phi) is 7.93. The van der Waals surface area contributed by atoms with Gasteiger partial charge in [-0.3, -0.25) is 9.59 Å². The average Bonchev–Trinajstić information content (AvgIpc) is 3.35. The Balaban J connectivity index is 1.56. The minimum absolute atomic E-state index is 0.00606. The quantitative estimate of drug-likeness (QED) is 0.394. The van der Waals surface area contributed by atoms with E-state index < -0.39 is 5.54 Å². The van der Waals surface area contributed by atoms with Crippen LogP contribution in [0.25, 0.3) is 0 Å². The molecule has 1 aromatic heterocycles. The molecule has 0 spiro atoms. The number of nitrogens with zero attached hydrogens (tertiary/aromatic N) is 2. The minimum atomic E-state index is -0.541. The van der Waals surface area contributed by atoms with Gasteiger partial charge < -0.3 is 19.3 Å². The van der Waals surface area contributed by atoms with Crippen LogP contribution in [0.15, 0.2) is 53.9 Å². The number of hydrogen-bond acceptors (Lipinski definition) is 5. The van der Waals surface area contributed by atoms with Crippen molar-refractivity contribution in [3.63, 3.8) is 0 Å². The fourth-order valence-electron chi connectivity index (χ4n) is 4.73. The average molecular weight is 521 g/mol. The fourth-order valence-corrected chi connectivity index (χ4v) is 5.66. The molecule has 196 valence electrons. The van der Waals surface area contributed by atoms with Crippen molar-refractivity contribution in [2.75, 3.05) is 26.8 Å². The molecule has 2 heterocycles. The summed E-state index contributed by atoms with van der Waals surface area (Å²) in [6.45, 7) is 10.9. The summed E-state index contributed by atoms with van der Waals surface area (Å²) < 4.78 is 11.5. The first-order valence-electron chi connectivity index (χ1n) is 12.6. The van der Waals surface area contributed by atoms with E-state index >= 15 is 0 Å². The zero-order valence-corrected chi connectivity index (χ0v) is 23.4. The highest BCUT2D eigenvalue weighted by Crippen LogP contribution is 2.35. The maximum atomic E-state index is 13.8. The summed E-state index contributed by atoms with van der Waals surface area (Å²) in [6.07, 6.45) is 0.806. The lowest BCUT2D eigenvalue weighted by molar-refractivity contribution is -0.136. The second-order valence-corrected chi connectivity index (χ2v) is 11.5. The number of benzene rings is 2. The topological polar surface area (TPSA) is 59.1 Å². The van der Waals surface area contributed by atoms with Gasteiger partial charge in [0.25, 0.3) is 5.91 Å². The van der Waals surface area contributed by atoms with E-state index in [1.54, 1.807) is 47.6 Å². The molecule has 0 saturated heterocycles. The van der Waals surface area contributed by atoms with Crippen molar-refractivity contribution in [2.45, 2.75) is 52.6 Å². The molecule has 4 rings (SSSR count). The van der Waals surface area contributed by atoms with Gasteiger partial charge in [0.1, 0.15) is 24.7 Å². The summed E-state index contributed by atoms with van der Waals surface area (Å²) in [7, 11) is 1.59. The lowest BCUT2D eigenvalue weighted by Crippen LogP contribution is -2.53. The third-order valence-electron chi connectivity index (χ3n) is 6.83. The number of rotatable bonds is 7. The summed E-state index contributed by atoms with van der Waals surface area (Å²) in [5.74, 6) is 1.25. The summed E-state index contributed by atoms with van der Waals surface area (Å²) in [6, 6.07) is 15.0. The number of fused-ring (bicyclic) bond motifs is 1. The molecule has 0 bridgehead atoms. The summed E-state index contributed by atoms with van der Waals surface area (Å²) in [4.78, 5) is 32.2. The van der Waals surface area contributed by atoms with Gasteiger partial charge in [0.05, 0.1) is 13.2 Å². The predicted molar refractivity (Wildman–Crippen MR) is 148 cm³/mol. The highest BCUT2D eigenvalue weighted by atomic mass is 32.1. The van der Waals surface area contributed by atoms with Gasteiger partial charge in [-0.1, -0.05) is 17.7 Å². The SMILES string of the molecule is COc1ccc(C(=O)N(CC(=O)N2CCc3sccc3[C@@H]2COc2ccc(C)cc2C)C(C)(C)C)cc1. The normalized spacial score (nSPS) is 15.2. The lowest BCUT2D eigenvalue weighted by Gasteiger charge is -2.40. The third-order valence-corrected chi connectivity index (χ3v) is 7.82. The Bertz CT molecular complexity index is 1260. The molecule has 1 aliphatic rings. The van der Waals surface area contributed by atoms with Crippen LogP contribution in [0.3, 0.4) is 0 Å². The van der Waals surface area contributed by atoms with E-state index in [-0.39, 0.29) is 24.4 Å². The second kappa shape index (κ2) is 11.0. The molecule has 0 aliphatic carbocycles. The van der Waals surface area contributed by atoms with E-state index in [1.165, 1.54) is 10.4 Å². The molecular formula is C30H36N2O4S. The van der Waals surface area contributed by atoms with Crippen LogP contribution in [0.4, 0.5) is 0 Å². The number of hydrogen-bond donors (Lipinski definition) is 0. The predicted octanol–water partition coefficient (Wildman–Crippen LogP) is 5.82. The molecule has 2 amide bonds. The van der Waals surface area contributed by atoms with Crippen molar-refractivity contribution < 1.29 is 19.1 Å². The van der Waals surface area contributed by atoms with Crippen molar-refractivity contribution in [3.05, 3.63) is 81.0 Å². The van der Waals surface area contributed by atoms with Gasteiger partial charge in [0.15, 0.2) is 0 Å². The van der Waals surface area contributed by atoms with Crippen molar-refractivity contribution >= 4 is 23.2 Å². The van der Waals surface area contributed by atoms with Gasteiger partial charge in [-0.05, 0) is 93.9 Å². The number of carbonyl (C=O) groups is 2. The second-order valence-electron chi connectivity index (χ2n) is 10.5. The minimum Gasteiger partial charge on any atom is -0.497 e. The maximum Gasteiger partial charge on any atom is 0.254 e.